The number of ether oxygens (including phenoxy) is 1. The molecule has 0 unspecified atom stereocenters. The van der Waals surface area contributed by atoms with E-state index in [0.717, 1.165) is 96.4 Å². The number of aromatic nitrogens is 3. The van der Waals surface area contributed by atoms with Crippen LogP contribution in [-0.4, -0.2) is 14.5 Å². The van der Waals surface area contributed by atoms with Crippen LogP contribution in [0.4, 0.5) is 0 Å². The molecule has 0 spiro atoms. The maximum atomic E-state index is 7.15. The summed E-state index contributed by atoms with van der Waals surface area (Å²) in [7, 11) is 0. The number of benzene rings is 7. The number of rotatable bonds is 8. The van der Waals surface area contributed by atoms with Crippen molar-refractivity contribution in [2.75, 3.05) is 0 Å². The Labute approximate surface area is 354 Å². The van der Waals surface area contributed by atoms with Crippen molar-refractivity contribution < 1.29 is 25.8 Å². The minimum absolute atomic E-state index is 0. The van der Waals surface area contributed by atoms with Crippen molar-refractivity contribution in [3.63, 3.8) is 0 Å². The van der Waals surface area contributed by atoms with Gasteiger partial charge in [0.2, 0.25) is 0 Å². The monoisotopic (exact) mass is 928 g/mol. The molecule has 3 heterocycles. The van der Waals surface area contributed by atoms with Gasteiger partial charge in [0.05, 0.1) is 16.9 Å². The summed E-state index contributed by atoms with van der Waals surface area (Å²) in [6, 6.07) is 68.3. The topological polar surface area (TPSA) is 39.9 Å². The number of fused-ring (bicyclic) bond motifs is 3. The molecule has 0 amide bonds. The second kappa shape index (κ2) is 15.5. The first-order chi connectivity index (χ1) is 28.0. The fourth-order valence-corrected chi connectivity index (χ4v) is 8.32. The van der Waals surface area contributed by atoms with Crippen LogP contribution >= 0.6 is 0 Å². The van der Waals surface area contributed by atoms with Gasteiger partial charge in [0.25, 0.3) is 0 Å². The van der Waals surface area contributed by atoms with Gasteiger partial charge in [-0.1, -0.05) is 129 Å². The van der Waals surface area contributed by atoms with Crippen LogP contribution in [0, 0.1) is 12.1 Å². The van der Waals surface area contributed by atoms with Crippen molar-refractivity contribution in [3.05, 3.63) is 210 Å². The van der Waals surface area contributed by atoms with Crippen molar-refractivity contribution in [3.8, 4) is 62.1 Å². The Morgan fingerprint density at radius 1 is 0.569 bits per heavy atom. The van der Waals surface area contributed by atoms with Crippen LogP contribution < -0.4 is 4.74 Å². The standard InChI is InChI=1S/C53H39N3O.Pt/c1-53(2)45-26-15-24-43(36-17-6-3-7-18-36)50(45)57-51-44(25-16-27-46(51)53)42-34-32-39(52-55-48-28-12-13-30-49(48)56(52)41-22-10-5-11-23-41)35-38(42)31-33-40-21-14-29-47(54-40)37-19-8-4-9-20-37;/h3-19,21-30,32,34H,31,33H2,1-2H3;/q-2;+2. The fraction of sp³-hybridized carbons (Fsp3) is 0.0943. The zero-order chi connectivity index (χ0) is 38.3. The fourth-order valence-electron chi connectivity index (χ4n) is 8.32. The van der Waals surface area contributed by atoms with E-state index >= 15 is 0 Å². The molecule has 1 aliphatic heterocycles. The minimum Gasteiger partial charge on any atom is -0.456 e. The summed E-state index contributed by atoms with van der Waals surface area (Å²) in [6.07, 6.45) is 1.44. The van der Waals surface area contributed by atoms with Crippen LogP contribution in [0.1, 0.15) is 36.2 Å². The van der Waals surface area contributed by atoms with Crippen molar-refractivity contribution in [2.24, 2.45) is 0 Å². The van der Waals surface area contributed by atoms with E-state index in [2.05, 4.69) is 176 Å². The zero-order valence-electron chi connectivity index (χ0n) is 32.2. The van der Waals surface area contributed by atoms with E-state index in [-0.39, 0.29) is 26.5 Å². The summed E-state index contributed by atoms with van der Waals surface area (Å²) in [5, 5.41) is 0. The predicted octanol–water partition coefficient (Wildman–Crippen LogP) is 12.9. The van der Waals surface area contributed by atoms with Gasteiger partial charge in [0, 0.05) is 33.5 Å². The van der Waals surface area contributed by atoms with E-state index in [0.29, 0.717) is 6.42 Å². The van der Waals surface area contributed by atoms with Crippen LogP contribution in [0.25, 0.3) is 61.6 Å². The first-order valence-electron chi connectivity index (χ1n) is 19.5. The largest absolute Gasteiger partial charge is 2.00 e. The van der Waals surface area contributed by atoms with E-state index in [1.54, 1.807) is 0 Å². The molecule has 282 valence electrons. The molecule has 9 aromatic rings. The molecule has 10 rings (SSSR count). The molecule has 0 atom stereocenters. The van der Waals surface area contributed by atoms with E-state index in [1.807, 2.05) is 30.3 Å². The van der Waals surface area contributed by atoms with Crippen LogP contribution in [0.15, 0.2) is 176 Å². The number of aryl methyl sites for hydroxylation is 2. The molecule has 0 saturated carbocycles. The number of imidazole rings is 1. The van der Waals surface area contributed by atoms with Gasteiger partial charge in [0.15, 0.2) is 0 Å². The Hall–Kier alpha value is -6.35. The third kappa shape index (κ3) is 6.68. The molecule has 0 N–H and O–H groups in total. The van der Waals surface area contributed by atoms with Crippen LogP contribution in [-0.2, 0) is 39.3 Å². The van der Waals surface area contributed by atoms with E-state index in [9.17, 15) is 0 Å². The molecule has 0 aliphatic carbocycles. The van der Waals surface area contributed by atoms with Gasteiger partial charge in [0.1, 0.15) is 11.5 Å². The van der Waals surface area contributed by atoms with Crippen LogP contribution in [0.3, 0.4) is 0 Å². The average molecular weight is 929 g/mol. The predicted molar refractivity (Wildman–Crippen MR) is 231 cm³/mol. The van der Waals surface area contributed by atoms with Crippen molar-refractivity contribution in [1.29, 1.82) is 0 Å². The molecule has 58 heavy (non-hydrogen) atoms. The van der Waals surface area contributed by atoms with Gasteiger partial charge in [-0.05, 0) is 60.0 Å². The quantitative estimate of drug-likeness (QED) is 0.143. The number of hydrogen-bond donors (Lipinski definition) is 0. The van der Waals surface area contributed by atoms with Crippen molar-refractivity contribution in [1.82, 2.24) is 14.5 Å². The van der Waals surface area contributed by atoms with Gasteiger partial charge in [-0.25, -0.2) is 0 Å². The molecule has 2 aromatic heterocycles. The van der Waals surface area contributed by atoms with Gasteiger partial charge in [-0.2, -0.15) is 0 Å². The van der Waals surface area contributed by atoms with E-state index in [1.165, 1.54) is 5.56 Å². The second-order valence-corrected chi connectivity index (χ2v) is 15.1. The molecule has 7 aromatic carbocycles. The van der Waals surface area contributed by atoms with Gasteiger partial charge in [-0.15, -0.1) is 65.2 Å². The Morgan fingerprint density at radius 2 is 1.26 bits per heavy atom. The average Bonchev–Trinajstić information content (AvgIpc) is 3.66. The van der Waals surface area contributed by atoms with Crippen LogP contribution in [0.2, 0.25) is 0 Å². The minimum atomic E-state index is -0.299. The first-order valence-corrected chi connectivity index (χ1v) is 19.5. The summed E-state index contributed by atoms with van der Waals surface area (Å²) in [5.74, 6) is 2.65. The number of nitrogens with zero attached hydrogens (tertiary/aromatic N) is 3. The zero-order valence-corrected chi connectivity index (χ0v) is 34.5. The molecule has 1 aliphatic rings. The Kier molecular flexibility index (Phi) is 9.97. The maximum absolute atomic E-state index is 7.15. The third-order valence-corrected chi connectivity index (χ3v) is 11.2. The molecule has 0 radical (unpaired) electrons. The van der Waals surface area contributed by atoms with Gasteiger partial charge >= 0.3 is 21.1 Å². The Balaban J connectivity index is 0.00000436. The number of para-hydroxylation sites is 5. The summed E-state index contributed by atoms with van der Waals surface area (Å²) < 4.78 is 9.39. The van der Waals surface area contributed by atoms with Crippen LogP contribution in [0.5, 0.6) is 11.5 Å². The SMILES string of the molecule is CC1(C)c2cccc(-c3ccccc3)c2Oc2c(-c3ccc(-c4nc5ccccc5n4-c4ccccc4)[c-]c3CCc3cccc(-c4[c-]cccc4)n3)cccc21.[Pt+2]. The first kappa shape index (κ1) is 37.2. The summed E-state index contributed by atoms with van der Waals surface area (Å²) in [4.78, 5) is 10.3. The maximum Gasteiger partial charge on any atom is 2.00 e. The van der Waals surface area contributed by atoms with Crippen molar-refractivity contribution in [2.45, 2.75) is 32.1 Å². The smallest absolute Gasteiger partial charge is 0.456 e. The van der Waals surface area contributed by atoms with E-state index in [4.69, 9.17) is 14.7 Å². The molecular weight excluding hydrogens is 890 g/mol. The summed E-state index contributed by atoms with van der Waals surface area (Å²) in [5.41, 5.74) is 14.4. The summed E-state index contributed by atoms with van der Waals surface area (Å²) >= 11 is 0. The van der Waals surface area contributed by atoms with Gasteiger partial charge in [-0.3, -0.25) is 4.98 Å². The Morgan fingerprint density at radius 3 is 2.03 bits per heavy atom. The normalized spacial score (nSPS) is 12.6. The van der Waals surface area contributed by atoms with E-state index < -0.39 is 0 Å². The third-order valence-electron chi connectivity index (χ3n) is 11.2. The molecule has 4 nitrogen and oxygen atoms in total. The molecule has 5 heteroatoms. The number of pyridine rings is 1. The molecular formula is C53H39N3OPt. The van der Waals surface area contributed by atoms with Gasteiger partial charge < -0.3 is 14.3 Å². The molecule has 0 fully saturated rings. The van der Waals surface area contributed by atoms with Crippen molar-refractivity contribution >= 4 is 11.0 Å². The Bertz CT molecular complexity index is 2900. The summed E-state index contributed by atoms with van der Waals surface area (Å²) in [6.45, 7) is 4.61. The second-order valence-electron chi connectivity index (χ2n) is 15.1. The molecule has 0 saturated heterocycles. The molecule has 0 bridgehead atoms. The number of hydrogen-bond acceptors (Lipinski definition) is 3.